The van der Waals surface area contributed by atoms with Crippen LogP contribution in [0, 0.1) is 20.8 Å². The van der Waals surface area contributed by atoms with Crippen LogP contribution in [0.4, 0.5) is 0 Å². The summed E-state index contributed by atoms with van der Waals surface area (Å²) >= 11 is 3.30. The standard InChI is InChI=1S/C25H26N4OS2/c1-5-11-29-23(14-30-22-10-9-18(3)19(4)13-22)27-28-25(29)32-16-21-15-31-24(26-21)20-8-6-7-17(2)12-20/h5-10,12-13,15H,1,11,14,16H2,2-4H3. The zero-order valence-corrected chi connectivity index (χ0v) is 20.2. The first-order valence-corrected chi connectivity index (χ1v) is 12.3. The summed E-state index contributed by atoms with van der Waals surface area (Å²) in [5, 5.41) is 12.8. The molecule has 0 aliphatic carbocycles. The zero-order valence-electron chi connectivity index (χ0n) is 18.5. The van der Waals surface area contributed by atoms with Crippen molar-refractivity contribution < 1.29 is 4.74 Å². The Kier molecular flexibility index (Phi) is 7.07. The molecule has 0 radical (unpaired) electrons. The normalized spacial score (nSPS) is 11.0. The second-order valence-corrected chi connectivity index (χ2v) is 9.44. The average molecular weight is 463 g/mol. The Balaban J connectivity index is 1.43. The van der Waals surface area contributed by atoms with Gasteiger partial charge in [0.25, 0.3) is 0 Å². The van der Waals surface area contributed by atoms with Crippen LogP contribution in [-0.4, -0.2) is 19.7 Å². The number of rotatable bonds is 9. The Labute approximate surface area is 197 Å². The van der Waals surface area contributed by atoms with Gasteiger partial charge in [-0.25, -0.2) is 4.98 Å². The van der Waals surface area contributed by atoms with Crippen LogP contribution in [0.15, 0.2) is 65.7 Å². The minimum atomic E-state index is 0.359. The lowest BCUT2D eigenvalue weighted by atomic mass is 10.1. The van der Waals surface area contributed by atoms with Crippen LogP contribution in [0.1, 0.15) is 28.2 Å². The van der Waals surface area contributed by atoms with Gasteiger partial charge in [0, 0.05) is 23.2 Å². The Morgan fingerprint density at radius 3 is 2.75 bits per heavy atom. The average Bonchev–Trinajstić information content (AvgIpc) is 3.41. The lowest BCUT2D eigenvalue weighted by molar-refractivity contribution is 0.289. The maximum atomic E-state index is 5.98. The molecule has 7 heteroatoms. The first kappa shape index (κ1) is 22.3. The van der Waals surface area contributed by atoms with Crippen LogP contribution >= 0.6 is 23.1 Å². The summed E-state index contributed by atoms with van der Waals surface area (Å²) in [6, 6.07) is 14.5. The van der Waals surface area contributed by atoms with E-state index in [1.54, 1.807) is 23.1 Å². The van der Waals surface area contributed by atoms with E-state index in [1.165, 1.54) is 16.7 Å². The van der Waals surface area contributed by atoms with E-state index in [2.05, 4.69) is 73.3 Å². The molecule has 0 amide bonds. The summed E-state index contributed by atoms with van der Waals surface area (Å²) in [5.74, 6) is 2.35. The number of aromatic nitrogens is 4. The van der Waals surface area contributed by atoms with Crippen molar-refractivity contribution in [2.24, 2.45) is 0 Å². The highest BCUT2D eigenvalue weighted by atomic mass is 32.2. The number of hydrogen-bond acceptors (Lipinski definition) is 6. The highest BCUT2D eigenvalue weighted by molar-refractivity contribution is 7.98. The molecule has 0 saturated heterocycles. The Morgan fingerprint density at radius 1 is 1.09 bits per heavy atom. The Bertz CT molecular complexity index is 1230. The Morgan fingerprint density at radius 2 is 1.97 bits per heavy atom. The summed E-state index contributed by atoms with van der Waals surface area (Å²) in [7, 11) is 0. The fourth-order valence-electron chi connectivity index (χ4n) is 3.22. The van der Waals surface area contributed by atoms with Gasteiger partial charge in [0.1, 0.15) is 17.4 Å². The quantitative estimate of drug-likeness (QED) is 0.213. The van der Waals surface area contributed by atoms with Crippen molar-refractivity contribution in [3.63, 3.8) is 0 Å². The lowest BCUT2D eigenvalue weighted by Gasteiger charge is -2.10. The van der Waals surface area contributed by atoms with Crippen LogP contribution in [0.5, 0.6) is 5.75 Å². The molecule has 0 saturated carbocycles. The van der Waals surface area contributed by atoms with Crippen molar-refractivity contribution in [3.05, 3.63) is 88.7 Å². The van der Waals surface area contributed by atoms with Crippen LogP contribution in [0.3, 0.4) is 0 Å². The first-order chi connectivity index (χ1) is 15.5. The van der Waals surface area contributed by atoms with E-state index in [1.807, 2.05) is 22.8 Å². The summed E-state index contributed by atoms with van der Waals surface area (Å²) < 4.78 is 8.02. The van der Waals surface area contributed by atoms with Crippen LogP contribution in [0.2, 0.25) is 0 Å². The summed E-state index contributed by atoms with van der Waals surface area (Å²) in [6.07, 6.45) is 1.85. The highest BCUT2D eigenvalue weighted by Crippen LogP contribution is 2.28. The highest BCUT2D eigenvalue weighted by Gasteiger charge is 2.14. The van der Waals surface area contributed by atoms with E-state index in [9.17, 15) is 0 Å². The number of nitrogens with zero attached hydrogens (tertiary/aromatic N) is 4. The fourth-order valence-corrected chi connectivity index (χ4v) is 5.00. The molecule has 5 nitrogen and oxygen atoms in total. The lowest BCUT2D eigenvalue weighted by Crippen LogP contribution is -2.07. The van der Waals surface area contributed by atoms with Gasteiger partial charge in [-0.3, -0.25) is 4.57 Å². The summed E-state index contributed by atoms with van der Waals surface area (Å²) in [5.41, 5.74) is 5.89. The molecule has 0 bridgehead atoms. The number of ether oxygens (including phenoxy) is 1. The van der Waals surface area contributed by atoms with Gasteiger partial charge in [0.15, 0.2) is 11.0 Å². The van der Waals surface area contributed by atoms with Gasteiger partial charge in [0.2, 0.25) is 0 Å². The molecule has 164 valence electrons. The molecule has 2 heterocycles. The van der Waals surface area contributed by atoms with E-state index in [-0.39, 0.29) is 0 Å². The van der Waals surface area contributed by atoms with Gasteiger partial charge >= 0.3 is 0 Å². The molecule has 2 aromatic heterocycles. The van der Waals surface area contributed by atoms with E-state index in [4.69, 9.17) is 9.72 Å². The number of thiazole rings is 1. The van der Waals surface area contributed by atoms with Gasteiger partial charge in [-0.2, -0.15) is 0 Å². The summed E-state index contributed by atoms with van der Waals surface area (Å²) in [6.45, 7) is 11.1. The smallest absolute Gasteiger partial charge is 0.191 e. The molecule has 2 aromatic carbocycles. The first-order valence-electron chi connectivity index (χ1n) is 10.4. The molecule has 32 heavy (non-hydrogen) atoms. The predicted molar refractivity (Wildman–Crippen MR) is 132 cm³/mol. The largest absolute Gasteiger partial charge is 0.486 e. The van der Waals surface area contributed by atoms with Crippen molar-refractivity contribution in [2.75, 3.05) is 0 Å². The SMILES string of the molecule is C=CCn1c(COc2ccc(C)c(C)c2)nnc1SCc1csc(-c2cccc(C)c2)n1. The molecular weight excluding hydrogens is 436 g/mol. The number of hydrogen-bond donors (Lipinski definition) is 0. The van der Waals surface area contributed by atoms with Gasteiger partial charge < -0.3 is 4.74 Å². The van der Waals surface area contributed by atoms with Crippen molar-refractivity contribution in [2.45, 2.75) is 44.8 Å². The maximum Gasteiger partial charge on any atom is 0.191 e. The van der Waals surface area contributed by atoms with E-state index in [0.717, 1.165) is 38.7 Å². The molecule has 0 spiro atoms. The number of aryl methyl sites for hydroxylation is 3. The van der Waals surface area contributed by atoms with Crippen molar-refractivity contribution >= 4 is 23.1 Å². The third kappa shape index (κ3) is 5.29. The molecule has 0 unspecified atom stereocenters. The van der Waals surface area contributed by atoms with Crippen molar-refractivity contribution in [1.82, 2.24) is 19.7 Å². The maximum absolute atomic E-state index is 5.98. The molecule has 4 aromatic rings. The van der Waals surface area contributed by atoms with Crippen LogP contribution in [0.25, 0.3) is 10.6 Å². The predicted octanol–water partition coefficient (Wildman–Crippen LogP) is 6.38. The van der Waals surface area contributed by atoms with Crippen LogP contribution < -0.4 is 4.74 Å². The van der Waals surface area contributed by atoms with Gasteiger partial charge in [0.05, 0.1) is 5.69 Å². The van der Waals surface area contributed by atoms with Crippen molar-refractivity contribution in [1.29, 1.82) is 0 Å². The molecule has 0 aliphatic rings. The van der Waals surface area contributed by atoms with E-state index < -0.39 is 0 Å². The minimum absolute atomic E-state index is 0.359. The fraction of sp³-hybridized carbons (Fsp3) is 0.240. The van der Waals surface area contributed by atoms with E-state index in [0.29, 0.717) is 13.2 Å². The third-order valence-corrected chi connectivity index (χ3v) is 7.06. The second kappa shape index (κ2) is 10.1. The zero-order chi connectivity index (χ0) is 22.5. The number of allylic oxidation sites excluding steroid dienone is 1. The molecular formula is C25H26N4OS2. The molecule has 0 fully saturated rings. The van der Waals surface area contributed by atoms with Crippen LogP contribution in [-0.2, 0) is 18.9 Å². The Hall–Kier alpha value is -2.90. The topological polar surface area (TPSA) is 52.8 Å². The van der Waals surface area contributed by atoms with E-state index >= 15 is 0 Å². The van der Waals surface area contributed by atoms with Gasteiger partial charge in [-0.05, 0) is 50.1 Å². The number of thioether (sulfide) groups is 1. The third-order valence-electron chi connectivity index (χ3n) is 5.12. The van der Waals surface area contributed by atoms with Gasteiger partial charge in [-0.15, -0.1) is 28.1 Å². The minimum Gasteiger partial charge on any atom is -0.486 e. The monoisotopic (exact) mass is 462 g/mol. The summed E-state index contributed by atoms with van der Waals surface area (Å²) in [4.78, 5) is 4.81. The molecule has 0 N–H and O–H groups in total. The number of benzene rings is 2. The molecule has 0 aliphatic heterocycles. The second-order valence-electron chi connectivity index (χ2n) is 7.63. The van der Waals surface area contributed by atoms with Crippen molar-refractivity contribution in [3.8, 4) is 16.3 Å². The molecule has 4 rings (SSSR count). The molecule has 0 atom stereocenters. The van der Waals surface area contributed by atoms with Gasteiger partial charge in [-0.1, -0.05) is 47.7 Å².